The third kappa shape index (κ3) is 25.2. The van der Waals surface area contributed by atoms with E-state index in [-0.39, 0.29) is 28.1 Å². The normalized spacial score (nSPS) is 12.2. The molecule has 0 fully saturated rings. The monoisotopic (exact) mass is 1030 g/mol. The SMILES string of the molecule is CCCCCCCCCNCCCCCCCCC.CCCCCCCCCNCCCCCCCCC.Cc1ccc(Nc2cc(S(=O)(=O)O)c(N)c3c2C(=O)c2ccccc2C3=O)c(S(=O)(=O)O)c1. The van der Waals surface area contributed by atoms with Crippen molar-refractivity contribution in [2.75, 3.05) is 37.2 Å². The van der Waals surface area contributed by atoms with Gasteiger partial charge < -0.3 is 21.7 Å². The number of hydrogen-bond donors (Lipinski definition) is 6. The summed E-state index contributed by atoms with van der Waals surface area (Å²) >= 11 is 0. The molecule has 71 heavy (non-hydrogen) atoms. The Balaban J connectivity index is 0.000000394. The predicted molar refractivity (Wildman–Crippen MR) is 296 cm³/mol. The Bertz CT molecular complexity index is 2130. The van der Waals surface area contributed by atoms with Crippen molar-refractivity contribution in [3.05, 3.63) is 76.3 Å². The molecule has 0 aliphatic heterocycles. The van der Waals surface area contributed by atoms with Crippen LogP contribution in [-0.2, 0) is 20.2 Å². The third-order valence-electron chi connectivity index (χ3n) is 13.0. The molecular weight excluding hydrogens is 933 g/mol. The van der Waals surface area contributed by atoms with Crippen molar-refractivity contribution in [2.24, 2.45) is 0 Å². The molecule has 7 N–H and O–H groups in total. The maximum Gasteiger partial charge on any atom is 0.296 e. The summed E-state index contributed by atoms with van der Waals surface area (Å²) in [5.41, 5.74) is 4.57. The van der Waals surface area contributed by atoms with Gasteiger partial charge in [0.1, 0.15) is 9.79 Å². The van der Waals surface area contributed by atoms with Gasteiger partial charge in [-0.15, -0.1) is 0 Å². The number of nitrogen functional groups attached to an aromatic ring is 1. The molecule has 0 saturated carbocycles. The van der Waals surface area contributed by atoms with Gasteiger partial charge in [-0.1, -0.05) is 212 Å². The highest BCUT2D eigenvalue weighted by Gasteiger charge is 2.37. The van der Waals surface area contributed by atoms with E-state index in [0.717, 1.165) is 12.1 Å². The first-order chi connectivity index (χ1) is 34.1. The van der Waals surface area contributed by atoms with Crippen LogP contribution in [0, 0.1) is 6.92 Å². The molecule has 0 saturated heterocycles. The molecule has 4 rings (SSSR count). The fraction of sp³-hybridized carbons (Fsp3) is 0.649. The van der Waals surface area contributed by atoms with Crippen LogP contribution in [0.5, 0.6) is 0 Å². The van der Waals surface area contributed by atoms with Crippen molar-refractivity contribution in [2.45, 2.75) is 224 Å². The number of rotatable bonds is 36. The Morgan fingerprint density at radius 3 is 1.13 bits per heavy atom. The molecule has 0 amide bonds. The van der Waals surface area contributed by atoms with Crippen LogP contribution in [0.3, 0.4) is 0 Å². The average Bonchev–Trinajstić information content (AvgIpc) is 3.34. The molecule has 0 bridgehead atoms. The highest BCUT2D eigenvalue weighted by atomic mass is 32.2. The maximum absolute atomic E-state index is 13.3. The van der Waals surface area contributed by atoms with Gasteiger partial charge in [0.05, 0.1) is 28.2 Å². The van der Waals surface area contributed by atoms with Gasteiger partial charge >= 0.3 is 0 Å². The first kappa shape index (κ1) is 63.5. The number of benzene rings is 3. The van der Waals surface area contributed by atoms with E-state index >= 15 is 0 Å². The molecule has 402 valence electrons. The van der Waals surface area contributed by atoms with E-state index in [1.54, 1.807) is 6.92 Å². The Kier molecular flexibility index (Phi) is 33.2. The maximum atomic E-state index is 13.3. The lowest BCUT2D eigenvalue weighted by Crippen LogP contribution is -2.25. The minimum absolute atomic E-state index is 0.00546. The van der Waals surface area contributed by atoms with Gasteiger partial charge in [-0.2, -0.15) is 16.8 Å². The largest absolute Gasteiger partial charge is 0.397 e. The average molecular weight is 1030 g/mol. The lowest BCUT2D eigenvalue weighted by atomic mass is 9.82. The minimum Gasteiger partial charge on any atom is -0.397 e. The van der Waals surface area contributed by atoms with Crippen molar-refractivity contribution < 1.29 is 35.5 Å². The number of hydrogen-bond acceptors (Lipinski definition) is 10. The van der Waals surface area contributed by atoms with E-state index in [9.17, 15) is 35.5 Å². The Morgan fingerprint density at radius 2 is 0.775 bits per heavy atom. The molecule has 0 spiro atoms. The summed E-state index contributed by atoms with van der Waals surface area (Å²) < 4.78 is 67.0. The molecule has 3 aromatic carbocycles. The van der Waals surface area contributed by atoms with Crippen LogP contribution >= 0.6 is 0 Å². The van der Waals surface area contributed by atoms with Gasteiger partial charge in [-0.05, 0) is 82.5 Å². The first-order valence-electron chi connectivity index (χ1n) is 27.5. The Hall–Kier alpha value is -3.66. The van der Waals surface area contributed by atoms with Gasteiger partial charge in [0.2, 0.25) is 0 Å². The summed E-state index contributed by atoms with van der Waals surface area (Å²) in [6, 6.07) is 10.6. The van der Waals surface area contributed by atoms with Crippen LogP contribution in [0.15, 0.2) is 58.3 Å². The quantitative estimate of drug-likeness (QED) is 0.0143. The molecule has 0 atom stereocenters. The first-order valence-corrected chi connectivity index (χ1v) is 30.4. The van der Waals surface area contributed by atoms with Crippen molar-refractivity contribution in [1.82, 2.24) is 10.6 Å². The molecule has 14 heteroatoms. The number of carbonyl (C=O) groups excluding carboxylic acids is 2. The van der Waals surface area contributed by atoms with E-state index in [4.69, 9.17) is 5.73 Å². The molecule has 0 radical (unpaired) electrons. The van der Waals surface area contributed by atoms with Crippen molar-refractivity contribution >= 4 is 48.9 Å². The van der Waals surface area contributed by atoms with Crippen LogP contribution in [0.25, 0.3) is 0 Å². The molecule has 1 aliphatic carbocycles. The van der Waals surface area contributed by atoms with Gasteiger partial charge in [-0.3, -0.25) is 18.7 Å². The minimum atomic E-state index is -4.94. The molecule has 12 nitrogen and oxygen atoms in total. The molecule has 3 aromatic rings. The second kappa shape index (κ2) is 37.1. The molecule has 1 aliphatic rings. The van der Waals surface area contributed by atoms with Gasteiger partial charge in [0, 0.05) is 11.1 Å². The number of ketones is 2. The molecule has 0 unspecified atom stereocenters. The van der Waals surface area contributed by atoms with Gasteiger partial charge in [0.25, 0.3) is 20.2 Å². The van der Waals surface area contributed by atoms with Crippen molar-refractivity contribution in [3.8, 4) is 0 Å². The second-order valence-electron chi connectivity index (χ2n) is 19.3. The number of anilines is 3. The number of carbonyl (C=O) groups is 2. The third-order valence-corrected chi connectivity index (χ3v) is 14.8. The van der Waals surface area contributed by atoms with E-state index in [0.29, 0.717) is 5.56 Å². The lowest BCUT2D eigenvalue weighted by Gasteiger charge is -2.24. The number of unbranched alkanes of at least 4 members (excludes halogenated alkanes) is 24. The van der Waals surface area contributed by atoms with Crippen LogP contribution in [0.2, 0.25) is 0 Å². The summed E-state index contributed by atoms with van der Waals surface area (Å²) in [5.74, 6) is -1.41. The number of fused-ring (bicyclic) bond motifs is 2. The van der Waals surface area contributed by atoms with Crippen molar-refractivity contribution in [1.29, 1.82) is 0 Å². The van der Waals surface area contributed by atoms with Crippen LogP contribution in [-0.4, -0.2) is 63.7 Å². The summed E-state index contributed by atoms with van der Waals surface area (Å²) in [6.45, 7) is 15.7. The zero-order valence-corrected chi connectivity index (χ0v) is 46.1. The number of aryl methyl sites for hydroxylation is 1. The fourth-order valence-electron chi connectivity index (χ4n) is 8.78. The predicted octanol–water partition coefficient (Wildman–Crippen LogP) is 14.7. The second-order valence-corrected chi connectivity index (χ2v) is 22.1. The van der Waals surface area contributed by atoms with Gasteiger partial charge in [-0.25, -0.2) is 0 Å². The highest BCUT2D eigenvalue weighted by Crippen LogP contribution is 2.41. The summed E-state index contributed by atoms with van der Waals surface area (Å²) in [4.78, 5) is 25.1. The van der Waals surface area contributed by atoms with Crippen LogP contribution < -0.4 is 21.7 Å². The summed E-state index contributed by atoms with van der Waals surface area (Å²) in [7, 11) is -9.67. The molecule has 0 aromatic heterocycles. The lowest BCUT2D eigenvalue weighted by molar-refractivity contribution is 0.0980. The smallest absolute Gasteiger partial charge is 0.296 e. The van der Waals surface area contributed by atoms with E-state index in [1.807, 2.05) is 0 Å². The molecule has 0 heterocycles. The summed E-state index contributed by atoms with van der Waals surface area (Å²) in [5, 5.41) is 9.79. The number of nitrogens with two attached hydrogens (primary N) is 1. The zero-order valence-electron chi connectivity index (χ0n) is 44.5. The highest BCUT2D eigenvalue weighted by molar-refractivity contribution is 7.86. The standard InChI is InChI=1S/C21H16N2O8S2.2C18H39N/c1-10-6-7-13(15(8-10)32(26,27)28)23-14-9-16(33(29,30)31)19(22)18-17(14)20(24)11-4-2-3-5-12(11)21(18)25;2*1-3-5-7-9-11-13-15-17-19-18-16-14-12-10-8-6-4-2/h2-9,23H,22H2,1H3,(H,26,27,28)(H,29,30,31);2*19H,3-18H2,1-2H3. The van der Waals surface area contributed by atoms with E-state index in [1.165, 1.54) is 242 Å². The molecular formula is C57H94N4O8S2. The van der Waals surface area contributed by atoms with E-state index < -0.39 is 52.8 Å². The van der Waals surface area contributed by atoms with Crippen LogP contribution in [0.4, 0.5) is 17.1 Å². The zero-order chi connectivity index (χ0) is 52.3. The summed E-state index contributed by atoms with van der Waals surface area (Å²) in [6.07, 6.45) is 39.7. The topological polar surface area (TPSA) is 205 Å². The van der Waals surface area contributed by atoms with E-state index in [2.05, 4.69) is 43.6 Å². The Labute approximate surface area is 430 Å². The fourth-order valence-corrected chi connectivity index (χ4v) is 10.2. The Morgan fingerprint density at radius 1 is 0.437 bits per heavy atom. The van der Waals surface area contributed by atoms with Crippen LogP contribution in [0.1, 0.15) is 245 Å². The number of nitrogens with one attached hydrogen (secondary N) is 3. The van der Waals surface area contributed by atoms with Crippen molar-refractivity contribution in [3.63, 3.8) is 0 Å². The van der Waals surface area contributed by atoms with Gasteiger partial charge in [0.15, 0.2) is 11.6 Å².